The van der Waals surface area contributed by atoms with Crippen LogP contribution in [0, 0.1) is 11.7 Å². The van der Waals surface area contributed by atoms with E-state index in [0.29, 0.717) is 37.8 Å². The third-order valence-electron chi connectivity index (χ3n) is 6.00. The molecule has 3 unspecified atom stereocenters. The summed E-state index contributed by atoms with van der Waals surface area (Å²) in [6, 6.07) is 3.95. The van der Waals surface area contributed by atoms with Crippen molar-refractivity contribution in [2.75, 3.05) is 26.3 Å². The van der Waals surface area contributed by atoms with Crippen molar-refractivity contribution in [3.05, 3.63) is 58.0 Å². The minimum Gasteiger partial charge on any atom is -0.366 e. The number of carbonyl (C=O) groups is 1. The average Bonchev–Trinajstić information content (AvgIpc) is 3.11. The molecule has 3 aliphatic rings. The van der Waals surface area contributed by atoms with Crippen molar-refractivity contribution in [3.63, 3.8) is 0 Å². The van der Waals surface area contributed by atoms with Gasteiger partial charge >= 0.3 is 0 Å². The number of amides is 1. The predicted octanol–water partition coefficient (Wildman–Crippen LogP) is 2.30. The van der Waals surface area contributed by atoms with Crippen LogP contribution in [-0.4, -0.2) is 59.9 Å². The zero-order valence-corrected chi connectivity index (χ0v) is 18.0. The molecule has 0 radical (unpaired) electrons. The molecular formula is C22H27ClFN5O. The van der Waals surface area contributed by atoms with Gasteiger partial charge in [-0.25, -0.2) is 9.38 Å². The van der Waals surface area contributed by atoms with Crippen LogP contribution in [0.2, 0.25) is 5.02 Å². The van der Waals surface area contributed by atoms with Crippen molar-refractivity contribution in [2.45, 2.75) is 32.4 Å². The predicted molar refractivity (Wildman–Crippen MR) is 117 cm³/mol. The van der Waals surface area contributed by atoms with Gasteiger partial charge in [0.1, 0.15) is 18.3 Å². The first-order chi connectivity index (χ1) is 14.3. The molecule has 2 aliphatic heterocycles. The summed E-state index contributed by atoms with van der Waals surface area (Å²) in [6.45, 7) is 6.72. The highest BCUT2D eigenvalue weighted by molar-refractivity contribution is 6.30. The van der Waals surface area contributed by atoms with E-state index in [0.717, 1.165) is 11.5 Å². The summed E-state index contributed by atoms with van der Waals surface area (Å²) in [5, 5.41) is 3.39. The first kappa shape index (κ1) is 20.9. The molecule has 0 spiro atoms. The Morgan fingerprint density at radius 2 is 2.20 bits per heavy atom. The molecule has 8 heteroatoms. The molecule has 1 saturated heterocycles. The van der Waals surface area contributed by atoms with E-state index in [9.17, 15) is 9.18 Å². The number of nitrogens with two attached hydrogens (primary N) is 1. The van der Waals surface area contributed by atoms with Crippen LogP contribution in [-0.2, 0) is 11.2 Å². The zero-order valence-electron chi connectivity index (χ0n) is 17.2. The fourth-order valence-corrected chi connectivity index (χ4v) is 4.51. The van der Waals surface area contributed by atoms with Crippen LogP contribution < -0.4 is 11.1 Å². The highest BCUT2D eigenvalue weighted by Gasteiger charge is 2.35. The highest BCUT2D eigenvalue weighted by atomic mass is 35.5. The third-order valence-corrected chi connectivity index (χ3v) is 6.31. The van der Waals surface area contributed by atoms with Gasteiger partial charge in [0.2, 0.25) is 5.91 Å². The van der Waals surface area contributed by atoms with Gasteiger partial charge in [0.05, 0.1) is 11.1 Å². The van der Waals surface area contributed by atoms with E-state index in [-0.39, 0.29) is 23.4 Å². The first-order valence-corrected chi connectivity index (χ1v) is 10.7. The lowest BCUT2D eigenvalue weighted by atomic mass is 9.99. The van der Waals surface area contributed by atoms with E-state index in [1.165, 1.54) is 17.7 Å². The summed E-state index contributed by atoms with van der Waals surface area (Å²) in [5.41, 5.74) is 9.21. The Kier molecular flexibility index (Phi) is 5.84. The van der Waals surface area contributed by atoms with Gasteiger partial charge in [0.15, 0.2) is 0 Å². The zero-order chi connectivity index (χ0) is 21.4. The number of rotatable bonds is 3. The normalized spacial score (nSPS) is 24.5. The first-order valence-electron chi connectivity index (χ1n) is 10.3. The fourth-order valence-electron chi connectivity index (χ4n) is 4.40. The lowest BCUT2D eigenvalue weighted by Gasteiger charge is -2.43. The number of benzene rings is 1. The van der Waals surface area contributed by atoms with Crippen LogP contribution in [0.3, 0.4) is 0 Å². The van der Waals surface area contributed by atoms with E-state index in [4.69, 9.17) is 22.3 Å². The molecule has 1 aromatic rings. The standard InChI is InChI=1S/C22H27ClFN5O/c1-13-3-6-19-20(13)21(27-12-26-19)29-8-7-28(11-14(29)2)22(30)18(25)10-15-4-5-16(23)17(24)9-15/h3-6,9,13-14,18,26H,7-8,10-12,25H2,1-2H3. The molecule has 3 N–H and O–H groups in total. The van der Waals surface area contributed by atoms with Gasteiger partial charge in [-0.3, -0.25) is 4.79 Å². The Hall–Kier alpha value is -2.38. The molecule has 1 amide bonds. The number of halogens is 2. The molecule has 1 fully saturated rings. The summed E-state index contributed by atoms with van der Waals surface area (Å²) < 4.78 is 13.7. The van der Waals surface area contributed by atoms with Gasteiger partial charge in [-0.15, -0.1) is 0 Å². The van der Waals surface area contributed by atoms with Gasteiger partial charge in [-0.05, 0) is 37.1 Å². The topological polar surface area (TPSA) is 74.0 Å². The number of nitrogens with zero attached hydrogens (tertiary/aromatic N) is 3. The van der Waals surface area contributed by atoms with E-state index >= 15 is 0 Å². The van der Waals surface area contributed by atoms with E-state index in [2.05, 4.69) is 36.2 Å². The molecule has 1 aliphatic carbocycles. The number of hydrogen-bond acceptors (Lipinski definition) is 5. The molecule has 0 bridgehead atoms. The number of hydrogen-bond donors (Lipinski definition) is 2. The fraction of sp³-hybridized carbons (Fsp3) is 0.455. The van der Waals surface area contributed by atoms with Crippen molar-refractivity contribution in [1.82, 2.24) is 15.1 Å². The van der Waals surface area contributed by atoms with Gasteiger partial charge in [0.25, 0.3) is 0 Å². The summed E-state index contributed by atoms with van der Waals surface area (Å²) in [4.78, 5) is 21.8. The van der Waals surface area contributed by atoms with E-state index in [1.54, 1.807) is 6.07 Å². The van der Waals surface area contributed by atoms with Crippen LogP contribution in [0.25, 0.3) is 0 Å². The average molecular weight is 432 g/mol. The molecule has 2 heterocycles. The lowest BCUT2D eigenvalue weighted by Crippen LogP contribution is -2.59. The van der Waals surface area contributed by atoms with Crippen LogP contribution >= 0.6 is 11.6 Å². The lowest BCUT2D eigenvalue weighted by molar-refractivity contribution is -0.134. The number of amidine groups is 1. The molecular weight excluding hydrogens is 405 g/mol. The second-order valence-electron chi connectivity index (χ2n) is 8.18. The van der Waals surface area contributed by atoms with Crippen molar-refractivity contribution >= 4 is 23.3 Å². The Bertz CT molecular complexity index is 943. The van der Waals surface area contributed by atoms with E-state index in [1.807, 2.05) is 4.90 Å². The minimum absolute atomic E-state index is 0.0643. The summed E-state index contributed by atoms with van der Waals surface area (Å²) in [7, 11) is 0. The molecule has 160 valence electrons. The monoisotopic (exact) mass is 431 g/mol. The Labute approximate surface area is 181 Å². The second-order valence-corrected chi connectivity index (χ2v) is 8.58. The highest BCUT2D eigenvalue weighted by Crippen LogP contribution is 2.29. The number of allylic oxidation sites excluding steroid dienone is 2. The third kappa shape index (κ3) is 3.96. The van der Waals surface area contributed by atoms with Crippen molar-refractivity contribution in [3.8, 4) is 0 Å². The molecule has 0 saturated carbocycles. The van der Waals surface area contributed by atoms with Gasteiger partial charge in [-0.2, -0.15) is 0 Å². The molecule has 0 aromatic heterocycles. The maximum absolute atomic E-state index is 13.7. The summed E-state index contributed by atoms with van der Waals surface area (Å²) in [5.74, 6) is 0.747. The maximum atomic E-state index is 13.7. The minimum atomic E-state index is -0.714. The number of aliphatic imine (C=N–C) groups is 1. The summed E-state index contributed by atoms with van der Waals surface area (Å²) >= 11 is 5.73. The van der Waals surface area contributed by atoms with Crippen LogP contribution in [0.1, 0.15) is 19.4 Å². The molecule has 3 atom stereocenters. The molecule has 30 heavy (non-hydrogen) atoms. The van der Waals surface area contributed by atoms with Crippen molar-refractivity contribution in [2.24, 2.45) is 16.6 Å². The Morgan fingerprint density at radius 1 is 1.40 bits per heavy atom. The Morgan fingerprint density at radius 3 is 2.93 bits per heavy atom. The molecule has 4 rings (SSSR count). The van der Waals surface area contributed by atoms with Gasteiger partial charge in [-0.1, -0.05) is 30.7 Å². The second kappa shape index (κ2) is 8.40. The van der Waals surface area contributed by atoms with Gasteiger partial charge < -0.3 is 20.9 Å². The van der Waals surface area contributed by atoms with Gasteiger partial charge in [0, 0.05) is 42.9 Å². The summed E-state index contributed by atoms with van der Waals surface area (Å²) in [6.07, 6.45) is 4.58. The SMILES string of the molecule is CC1C=CC2=C1C(N1CCN(C(=O)C(N)Cc3ccc(Cl)c(F)c3)CC1C)=NCN2. The molecule has 6 nitrogen and oxygen atoms in total. The van der Waals surface area contributed by atoms with Crippen LogP contribution in [0.5, 0.6) is 0 Å². The van der Waals surface area contributed by atoms with E-state index < -0.39 is 11.9 Å². The maximum Gasteiger partial charge on any atom is 0.239 e. The van der Waals surface area contributed by atoms with Crippen molar-refractivity contribution in [1.29, 1.82) is 0 Å². The number of piperazine rings is 1. The largest absolute Gasteiger partial charge is 0.366 e. The van der Waals surface area contributed by atoms with Crippen molar-refractivity contribution < 1.29 is 9.18 Å². The van der Waals surface area contributed by atoms with Crippen LogP contribution in [0.4, 0.5) is 4.39 Å². The number of nitrogens with one attached hydrogen (secondary N) is 1. The quantitative estimate of drug-likeness (QED) is 0.770. The molecule has 1 aromatic carbocycles. The Balaban J connectivity index is 1.39. The number of carbonyl (C=O) groups excluding carboxylic acids is 1. The smallest absolute Gasteiger partial charge is 0.239 e. The van der Waals surface area contributed by atoms with Crippen LogP contribution in [0.15, 0.2) is 46.6 Å².